The topological polar surface area (TPSA) is 75.9 Å². The maximum atomic E-state index is 4.83. The van der Waals surface area contributed by atoms with Crippen LogP contribution in [0.5, 0.6) is 0 Å². The maximum Gasteiger partial charge on any atom is 0.147 e. The third kappa shape index (κ3) is 3.42. The molecule has 0 aromatic carbocycles. The van der Waals surface area contributed by atoms with Crippen LogP contribution in [-0.2, 0) is 7.05 Å². The van der Waals surface area contributed by atoms with Gasteiger partial charge >= 0.3 is 0 Å². The van der Waals surface area contributed by atoms with Gasteiger partial charge in [-0.2, -0.15) is 5.10 Å². The Kier molecular flexibility index (Phi) is 4.18. The fraction of sp³-hybridized carbons (Fsp3) is 0.450. The van der Waals surface area contributed by atoms with Crippen molar-refractivity contribution in [2.75, 3.05) is 36.0 Å². The van der Waals surface area contributed by atoms with Gasteiger partial charge in [-0.25, -0.2) is 15.0 Å². The fourth-order valence-electron chi connectivity index (χ4n) is 3.63. The summed E-state index contributed by atoms with van der Waals surface area (Å²) in [5.74, 6) is 3.57. The Morgan fingerprint density at radius 3 is 2.32 bits per heavy atom. The van der Waals surface area contributed by atoms with Crippen molar-refractivity contribution in [3.8, 4) is 11.3 Å². The summed E-state index contributed by atoms with van der Waals surface area (Å²) in [4.78, 5) is 23.3. The summed E-state index contributed by atoms with van der Waals surface area (Å²) in [5, 5.41) is 4.23. The highest BCUT2D eigenvalue weighted by molar-refractivity contribution is 5.58. The zero-order chi connectivity index (χ0) is 19.1. The second kappa shape index (κ2) is 6.85. The number of aryl methyl sites for hydroxylation is 2. The molecule has 1 saturated carbocycles. The molecule has 28 heavy (non-hydrogen) atoms. The van der Waals surface area contributed by atoms with Gasteiger partial charge in [0.15, 0.2) is 0 Å². The third-order valence-electron chi connectivity index (χ3n) is 5.35. The van der Waals surface area contributed by atoms with Crippen LogP contribution in [-0.4, -0.2) is 55.9 Å². The zero-order valence-corrected chi connectivity index (χ0v) is 16.3. The average Bonchev–Trinajstić information content (AvgIpc) is 3.49. The molecule has 4 heterocycles. The molecule has 0 amide bonds. The van der Waals surface area contributed by atoms with E-state index < -0.39 is 0 Å². The first-order valence-corrected chi connectivity index (χ1v) is 9.82. The van der Waals surface area contributed by atoms with Crippen LogP contribution in [0.25, 0.3) is 11.3 Å². The van der Waals surface area contributed by atoms with Crippen LogP contribution in [0.4, 0.5) is 11.6 Å². The van der Waals surface area contributed by atoms with Crippen LogP contribution in [0.3, 0.4) is 0 Å². The summed E-state index contributed by atoms with van der Waals surface area (Å²) in [5.41, 5.74) is 2.90. The fourth-order valence-corrected chi connectivity index (χ4v) is 3.63. The molecule has 1 aliphatic heterocycles. The molecular formula is C20H24N8. The number of anilines is 2. The molecule has 3 aromatic heterocycles. The first-order valence-electron chi connectivity index (χ1n) is 9.82. The van der Waals surface area contributed by atoms with Gasteiger partial charge in [-0.15, -0.1) is 0 Å². The van der Waals surface area contributed by atoms with Crippen molar-refractivity contribution in [3.63, 3.8) is 0 Å². The first-order chi connectivity index (χ1) is 13.7. The predicted molar refractivity (Wildman–Crippen MR) is 107 cm³/mol. The average molecular weight is 376 g/mol. The highest BCUT2D eigenvalue weighted by Crippen LogP contribution is 2.38. The molecule has 5 rings (SSSR count). The van der Waals surface area contributed by atoms with E-state index in [2.05, 4.69) is 37.9 Å². The molecule has 0 radical (unpaired) electrons. The van der Waals surface area contributed by atoms with Crippen LogP contribution in [0.15, 0.2) is 30.9 Å². The van der Waals surface area contributed by atoms with E-state index in [4.69, 9.17) is 9.97 Å². The Bertz CT molecular complexity index is 985. The SMILES string of the molecule is Cc1cc(N2CCN(c3cncc(-c4cnn(C)c4)n3)CC2)nc(C2CC2)n1. The minimum Gasteiger partial charge on any atom is -0.353 e. The van der Waals surface area contributed by atoms with Gasteiger partial charge in [0.1, 0.15) is 17.5 Å². The summed E-state index contributed by atoms with van der Waals surface area (Å²) >= 11 is 0. The van der Waals surface area contributed by atoms with Gasteiger partial charge in [-0.05, 0) is 19.8 Å². The van der Waals surface area contributed by atoms with Gasteiger partial charge in [-0.3, -0.25) is 9.67 Å². The summed E-state index contributed by atoms with van der Waals surface area (Å²) in [6.07, 6.45) is 9.86. The number of aromatic nitrogens is 6. The van der Waals surface area contributed by atoms with E-state index in [1.54, 1.807) is 10.9 Å². The maximum absolute atomic E-state index is 4.83. The van der Waals surface area contributed by atoms with Crippen LogP contribution in [0.2, 0.25) is 0 Å². The van der Waals surface area contributed by atoms with E-state index in [0.29, 0.717) is 5.92 Å². The van der Waals surface area contributed by atoms with E-state index in [9.17, 15) is 0 Å². The Morgan fingerprint density at radius 2 is 1.64 bits per heavy atom. The van der Waals surface area contributed by atoms with Crippen LogP contribution >= 0.6 is 0 Å². The third-order valence-corrected chi connectivity index (χ3v) is 5.35. The Hall–Kier alpha value is -3.03. The quantitative estimate of drug-likeness (QED) is 0.691. The lowest BCUT2D eigenvalue weighted by Gasteiger charge is -2.36. The predicted octanol–water partition coefficient (Wildman–Crippen LogP) is 2.18. The second-order valence-corrected chi connectivity index (χ2v) is 7.64. The number of hydrogen-bond donors (Lipinski definition) is 0. The normalized spacial score (nSPS) is 17.2. The Labute approximate surface area is 164 Å². The smallest absolute Gasteiger partial charge is 0.147 e. The monoisotopic (exact) mass is 376 g/mol. The van der Waals surface area contributed by atoms with E-state index in [1.165, 1.54) is 12.8 Å². The molecule has 2 aliphatic rings. The number of nitrogens with zero attached hydrogens (tertiary/aromatic N) is 8. The molecule has 8 heteroatoms. The molecule has 1 saturated heterocycles. The molecule has 144 valence electrons. The number of piperazine rings is 1. The summed E-state index contributed by atoms with van der Waals surface area (Å²) in [6.45, 7) is 5.69. The van der Waals surface area contributed by atoms with Crippen molar-refractivity contribution < 1.29 is 0 Å². The molecule has 1 aliphatic carbocycles. The number of rotatable bonds is 4. The molecule has 8 nitrogen and oxygen atoms in total. The van der Waals surface area contributed by atoms with Gasteiger partial charge in [0.2, 0.25) is 0 Å². The lowest BCUT2D eigenvalue weighted by Crippen LogP contribution is -2.47. The van der Waals surface area contributed by atoms with Gasteiger partial charge in [0.05, 0.1) is 24.3 Å². The summed E-state index contributed by atoms with van der Waals surface area (Å²) < 4.78 is 1.78. The van der Waals surface area contributed by atoms with Crippen molar-refractivity contribution in [3.05, 3.63) is 42.4 Å². The van der Waals surface area contributed by atoms with Crippen LogP contribution in [0, 0.1) is 6.92 Å². The van der Waals surface area contributed by atoms with Gasteiger partial charge in [0, 0.05) is 62.7 Å². The lowest BCUT2D eigenvalue weighted by molar-refractivity contribution is 0.637. The van der Waals surface area contributed by atoms with Crippen molar-refractivity contribution in [2.45, 2.75) is 25.7 Å². The molecule has 0 unspecified atom stereocenters. The van der Waals surface area contributed by atoms with Gasteiger partial charge in [0.25, 0.3) is 0 Å². The lowest BCUT2D eigenvalue weighted by atomic mass is 10.2. The molecule has 0 atom stereocenters. The van der Waals surface area contributed by atoms with Crippen molar-refractivity contribution in [1.82, 2.24) is 29.7 Å². The second-order valence-electron chi connectivity index (χ2n) is 7.64. The van der Waals surface area contributed by atoms with E-state index >= 15 is 0 Å². The zero-order valence-electron chi connectivity index (χ0n) is 16.3. The van der Waals surface area contributed by atoms with E-state index in [0.717, 1.165) is 60.6 Å². The first kappa shape index (κ1) is 17.1. The van der Waals surface area contributed by atoms with Crippen LogP contribution < -0.4 is 9.80 Å². The van der Waals surface area contributed by atoms with Crippen LogP contribution in [0.1, 0.15) is 30.3 Å². The molecule has 3 aromatic rings. The molecular weight excluding hydrogens is 352 g/mol. The molecule has 0 bridgehead atoms. The highest BCUT2D eigenvalue weighted by Gasteiger charge is 2.28. The molecule has 0 spiro atoms. The summed E-state index contributed by atoms with van der Waals surface area (Å²) in [7, 11) is 1.91. The molecule has 2 fully saturated rings. The van der Waals surface area contributed by atoms with Crippen molar-refractivity contribution >= 4 is 11.6 Å². The van der Waals surface area contributed by atoms with Gasteiger partial charge in [-0.1, -0.05) is 0 Å². The van der Waals surface area contributed by atoms with Crippen molar-refractivity contribution in [2.24, 2.45) is 7.05 Å². The Morgan fingerprint density at radius 1 is 0.893 bits per heavy atom. The van der Waals surface area contributed by atoms with Crippen molar-refractivity contribution in [1.29, 1.82) is 0 Å². The minimum atomic E-state index is 0.574. The Balaban J connectivity index is 1.30. The van der Waals surface area contributed by atoms with E-state index in [-0.39, 0.29) is 0 Å². The highest BCUT2D eigenvalue weighted by atomic mass is 15.3. The standard InChI is InChI=1S/C20H24N8/c1-14-9-18(25-20(23-14)15-3-4-15)27-5-7-28(8-6-27)19-12-21-11-17(24-19)16-10-22-26(2)13-16/h9-13,15H,3-8H2,1-2H3. The minimum absolute atomic E-state index is 0.574. The largest absolute Gasteiger partial charge is 0.353 e. The summed E-state index contributed by atoms with van der Waals surface area (Å²) in [6, 6.07) is 2.10. The molecule has 0 N–H and O–H groups in total. The van der Waals surface area contributed by atoms with Gasteiger partial charge < -0.3 is 9.80 Å². The van der Waals surface area contributed by atoms with E-state index in [1.807, 2.05) is 25.6 Å². The number of hydrogen-bond acceptors (Lipinski definition) is 7.